The molecule has 1 saturated heterocycles. The number of nitro groups is 1. The zero-order valence-corrected chi connectivity index (χ0v) is 20.7. The number of non-ortho nitro benzene ring substituents is 1. The highest BCUT2D eigenvalue weighted by atomic mass is 16.7. The van der Waals surface area contributed by atoms with Gasteiger partial charge < -0.3 is 24.3 Å². The van der Waals surface area contributed by atoms with E-state index in [0.29, 0.717) is 29.1 Å². The molecule has 2 aliphatic rings. The number of nitrogens with zero attached hydrogens (tertiary/aromatic N) is 3. The number of anilines is 1. The molecule has 0 aliphatic carbocycles. The van der Waals surface area contributed by atoms with E-state index in [1.165, 1.54) is 31.4 Å². The molecule has 1 atom stereocenters. The molecule has 1 aromatic carbocycles. The van der Waals surface area contributed by atoms with Gasteiger partial charge in [0.25, 0.3) is 11.2 Å². The van der Waals surface area contributed by atoms with Gasteiger partial charge in [-0.25, -0.2) is 4.79 Å². The second-order valence-corrected chi connectivity index (χ2v) is 9.08. The van der Waals surface area contributed by atoms with E-state index < -0.39 is 17.0 Å². The molecule has 3 heterocycles. The molecule has 0 radical (unpaired) electrons. The fraction of sp³-hybridized carbons (Fsp3) is 0.462. The van der Waals surface area contributed by atoms with Crippen molar-refractivity contribution in [3.63, 3.8) is 0 Å². The number of aromatic nitrogens is 1. The summed E-state index contributed by atoms with van der Waals surface area (Å²) in [4.78, 5) is 39.4. The average Bonchev–Trinajstić information content (AvgIpc) is 2.87. The van der Waals surface area contributed by atoms with Crippen molar-refractivity contribution in [3.8, 4) is 0 Å². The van der Waals surface area contributed by atoms with Crippen LogP contribution in [-0.4, -0.2) is 46.8 Å². The van der Waals surface area contributed by atoms with Gasteiger partial charge in [-0.15, -0.1) is 0 Å². The number of nitro benzene ring substituents is 1. The van der Waals surface area contributed by atoms with E-state index in [9.17, 15) is 19.7 Å². The predicted octanol–water partition coefficient (Wildman–Crippen LogP) is 4.59. The highest BCUT2D eigenvalue weighted by Crippen LogP contribution is 2.41. The molecular formula is C26H32N4O6. The number of aryl methyl sites for hydroxylation is 1. The first-order chi connectivity index (χ1) is 17.4. The summed E-state index contributed by atoms with van der Waals surface area (Å²) < 4.78 is 12.2. The predicted molar refractivity (Wildman–Crippen MR) is 135 cm³/mol. The Hall–Kier alpha value is -3.66. The number of likely N-dealkylation sites (tertiary alicyclic amines) is 1. The second-order valence-electron chi connectivity index (χ2n) is 9.08. The van der Waals surface area contributed by atoms with E-state index in [0.717, 1.165) is 26.1 Å². The van der Waals surface area contributed by atoms with Crippen LogP contribution < -0.4 is 10.9 Å². The van der Waals surface area contributed by atoms with Crippen LogP contribution in [0.15, 0.2) is 52.8 Å². The number of fused-ring (bicyclic) bond motifs is 1. The fourth-order valence-corrected chi connectivity index (χ4v) is 4.92. The van der Waals surface area contributed by atoms with Crippen molar-refractivity contribution in [3.05, 3.63) is 79.6 Å². The van der Waals surface area contributed by atoms with Gasteiger partial charge in [0.15, 0.2) is 0 Å². The highest BCUT2D eigenvalue weighted by Gasteiger charge is 2.35. The third-order valence-electron chi connectivity index (χ3n) is 6.64. The zero-order chi connectivity index (χ0) is 25.7. The van der Waals surface area contributed by atoms with Gasteiger partial charge in [0.1, 0.15) is 5.76 Å². The summed E-state index contributed by atoms with van der Waals surface area (Å²) in [5, 5.41) is 14.6. The quantitative estimate of drug-likeness (QED) is 0.320. The standard InChI is InChI=1S/C26H32N4O6/c1-3-35-26(32)36-24-18(2)27-21-11-16-29(15-8-14-28-12-5-4-6-13-28)25(31)23(21)22(24)19-9-7-10-20(17-19)30(33)34/h7,9-11,16-17,22,27H,3-6,8,12-15H2,1-2H3. The summed E-state index contributed by atoms with van der Waals surface area (Å²) in [6.45, 7) is 7.17. The molecule has 2 aliphatic heterocycles. The summed E-state index contributed by atoms with van der Waals surface area (Å²) >= 11 is 0. The normalized spacial score (nSPS) is 17.8. The number of piperidine rings is 1. The Morgan fingerprint density at radius 2 is 1.97 bits per heavy atom. The van der Waals surface area contributed by atoms with Crippen LogP contribution >= 0.6 is 0 Å². The number of ether oxygens (including phenoxy) is 2. The van der Waals surface area contributed by atoms with Gasteiger partial charge >= 0.3 is 6.16 Å². The molecule has 0 spiro atoms. The molecule has 1 fully saturated rings. The Kier molecular flexibility index (Phi) is 8.04. The van der Waals surface area contributed by atoms with Crippen molar-refractivity contribution in [1.29, 1.82) is 0 Å². The van der Waals surface area contributed by atoms with Gasteiger partial charge in [-0.2, -0.15) is 0 Å². The smallest absolute Gasteiger partial charge is 0.434 e. The van der Waals surface area contributed by atoms with Crippen LogP contribution in [0.25, 0.3) is 0 Å². The van der Waals surface area contributed by atoms with E-state index in [-0.39, 0.29) is 23.6 Å². The van der Waals surface area contributed by atoms with Gasteiger partial charge in [-0.1, -0.05) is 18.6 Å². The number of pyridine rings is 1. The number of rotatable bonds is 8. The van der Waals surface area contributed by atoms with Crippen molar-refractivity contribution >= 4 is 17.5 Å². The summed E-state index contributed by atoms with van der Waals surface area (Å²) in [5.41, 5.74) is 1.62. The van der Waals surface area contributed by atoms with Crippen LogP contribution in [0.3, 0.4) is 0 Å². The Labute approximate surface area is 209 Å². The van der Waals surface area contributed by atoms with E-state index in [1.54, 1.807) is 36.7 Å². The maximum absolute atomic E-state index is 13.7. The highest BCUT2D eigenvalue weighted by molar-refractivity contribution is 5.68. The SMILES string of the molecule is CCOC(=O)OC1=C(C)Nc2ccn(CCCN3CCCCC3)c(=O)c2C1c1cccc([N+](=O)[O-])c1. The van der Waals surface area contributed by atoms with E-state index in [2.05, 4.69) is 10.2 Å². The molecule has 1 aromatic heterocycles. The molecular weight excluding hydrogens is 464 g/mol. The van der Waals surface area contributed by atoms with Gasteiger partial charge in [0.2, 0.25) is 0 Å². The third-order valence-corrected chi connectivity index (χ3v) is 6.64. The Balaban J connectivity index is 1.71. The minimum absolute atomic E-state index is 0.112. The number of carbonyl (C=O) groups is 1. The Morgan fingerprint density at radius 1 is 1.19 bits per heavy atom. The van der Waals surface area contributed by atoms with Crippen LogP contribution in [-0.2, 0) is 16.0 Å². The van der Waals surface area contributed by atoms with Crippen molar-refractivity contribution in [2.45, 2.75) is 52.0 Å². The van der Waals surface area contributed by atoms with Gasteiger partial charge in [0.05, 0.1) is 28.7 Å². The number of allylic oxidation sites excluding steroid dienone is 2. The summed E-state index contributed by atoms with van der Waals surface area (Å²) in [5.74, 6) is -0.628. The number of hydrogen-bond donors (Lipinski definition) is 1. The molecule has 0 amide bonds. The molecule has 36 heavy (non-hydrogen) atoms. The topological polar surface area (TPSA) is 116 Å². The molecule has 0 bridgehead atoms. The van der Waals surface area contributed by atoms with Gasteiger partial charge in [-0.3, -0.25) is 14.9 Å². The third kappa shape index (κ3) is 5.59. The van der Waals surface area contributed by atoms with Crippen LogP contribution in [0.5, 0.6) is 0 Å². The van der Waals surface area contributed by atoms with Crippen molar-refractivity contribution in [2.24, 2.45) is 0 Å². The van der Waals surface area contributed by atoms with Crippen LogP contribution in [0.2, 0.25) is 0 Å². The number of benzene rings is 1. The fourth-order valence-electron chi connectivity index (χ4n) is 4.92. The molecule has 2 aromatic rings. The molecule has 0 saturated carbocycles. The lowest BCUT2D eigenvalue weighted by atomic mass is 9.86. The van der Waals surface area contributed by atoms with Crippen LogP contribution in [0, 0.1) is 10.1 Å². The number of hydrogen-bond acceptors (Lipinski definition) is 8. The minimum atomic E-state index is -0.898. The first-order valence-electron chi connectivity index (χ1n) is 12.4. The van der Waals surface area contributed by atoms with Crippen LogP contribution in [0.4, 0.5) is 16.2 Å². The van der Waals surface area contributed by atoms with E-state index in [1.807, 2.05) is 6.07 Å². The summed E-state index contributed by atoms with van der Waals surface area (Å²) in [6.07, 6.45) is 5.39. The maximum atomic E-state index is 13.7. The summed E-state index contributed by atoms with van der Waals surface area (Å²) in [7, 11) is 0. The molecule has 10 nitrogen and oxygen atoms in total. The first kappa shape index (κ1) is 25.4. The van der Waals surface area contributed by atoms with Crippen LogP contribution in [0.1, 0.15) is 56.6 Å². The minimum Gasteiger partial charge on any atom is -0.434 e. The zero-order valence-electron chi connectivity index (χ0n) is 20.7. The number of carbonyl (C=O) groups excluding carboxylic acids is 1. The molecule has 10 heteroatoms. The average molecular weight is 497 g/mol. The van der Waals surface area contributed by atoms with E-state index in [4.69, 9.17) is 9.47 Å². The molecule has 1 unspecified atom stereocenters. The molecule has 1 N–H and O–H groups in total. The molecule has 4 rings (SSSR count). The first-order valence-corrected chi connectivity index (χ1v) is 12.4. The Morgan fingerprint density at radius 3 is 2.69 bits per heavy atom. The monoisotopic (exact) mass is 496 g/mol. The largest absolute Gasteiger partial charge is 0.513 e. The van der Waals surface area contributed by atoms with E-state index >= 15 is 0 Å². The maximum Gasteiger partial charge on any atom is 0.513 e. The second kappa shape index (κ2) is 11.4. The molecule has 192 valence electrons. The van der Waals surface area contributed by atoms with Gasteiger partial charge in [-0.05, 0) is 64.4 Å². The van der Waals surface area contributed by atoms with Gasteiger partial charge in [0, 0.05) is 30.6 Å². The number of nitrogens with one attached hydrogen (secondary N) is 1. The lowest BCUT2D eigenvalue weighted by Crippen LogP contribution is -2.34. The van der Waals surface area contributed by atoms with Crippen molar-refractivity contribution in [2.75, 3.05) is 31.6 Å². The lowest BCUT2D eigenvalue weighted by molar-refractivity contribution is -0.384. The van der Waals surface area contributed by atoms with Crippen molar-refractivity contribution < 1.29 is 19.2 Å². The lowest BCUT2D eigenvalue weighted by Gasteiger charge is -2.30. The van der Waals surface area contributed by atoms with Crippen molar-refractivity contribution in [1.82, 2.24) is 9.47 Å². The Bertz CT molecular complexity index is 1220. The summed E-state index contributed by atoms with van der Waals surface area (Å²) in [6, 6.07) is 7.88.